The van der Waals surface area contributed by atoms with Crippen LogP contribution in [0, 0.1) is 11.8 Å². The van der Waals surface area contributed by atoms with Gasteiger partial charge in [0, 0.05) is 19.1 Å². The summed E-state index contributed by atoms with van der Waals surface area (Å²) in [5.74, 6) is 1.62. The Morgan fingerprint density at radius 3 is 2.68 bits per heavy atom. The molecule has 0 amide bonds. The van der Waals surface area contributed by atoms with Crippen LogP contribution in [0.15, 0.2) is 18.3 Å². The predicted molar refractivity (Wildman–Crippen MR) is 81.5 cm³/mol. The fourth-order valence-electron chi connectivity index (χ4n) is 2.85. The number of rotatable bonds is 4. The van der Waals surface area contributed by atoms with Gasteiger partial charge in [-0.05, 0) is 43.9 Å². The molecule has 1 fully saturated rings. The summed E-state index contributed by atoms with van der Waals surface area (Å²) in [7, 11) is 2.00. The van der Waals surface area contributed by atoms with Gasteiger partial charge in [-0.1, -0.05) is 20.8 Å². The maximum absolute atomic E-state index is 4.64. The lowest BCUT2D eigenvalue weighted by molar-refractivity contribution is 0.324. The molecule has 19 heavy (non-hydrogen) atoms. The van der Waals surface area contributed by atoms with Crippen LogP contribution in [0.25, 0.3) is 0 Å². The first-order valence-corrected chi connectivity index (χ1v) is 7.53. The van der Waals surface area contributed by atoms with Gasteiger partial charge >= 0.3 is 0 Å². The maximum Gasteiger partial charge on any atom is 0.0574 e. The molecule has 3 nitrogen and oxygen atoms in total. The van der Waals surface area contributed by atoms with Crippen LogP contribution in [-0.2, 0) is 0 Å². The van der Waals surface area contributed by atoms with E-state index in [0.717, 1.165) is 37.0 Å². The van der Waals surface area contributed by atoms with Gasteiger partial charge in [0.15, 0.2) is 0 Å². The topological polar surface area (TPSA) is 28.2 Å². The lowest BCUT2D eigenvalue weighted by Gasteiger charge is -2.36. The Bertz CT molecular complexity index is 383. The molecule has 106 valence electrons. The zero-order chi connectivity index (χ0) is 13.8. The second-order valence-electron chi connectivity index (χ2n) is 5.88. The molecule has 3 heteroatoms. The molecule has 0 saturated carbocycles. The van der Waals surface area contributed by atoms with Crippen molar-refractivity contribution >= 4 is 5.69 Å². The summed E-state index contributed by atoms with van der Waals surface area (Å²) in [6, 6.07) is 4.77. The van der Waals surface area contributed by atoms with Crippen molar-refractivity contribution in [2.45, 2.75) is 39.7 Å². The fraction of sp³-hybridized carbons (Fsp3) is 0.688. The fourth-order valence-corrected chi connectivity index (χ4v) is 2.85. The highest BCUT2D eigenvalue weighted by Gasteiger charge is 2.23. The standard InChI is InChI=1S/C16H27N3/c1-5-15(17-4)16-7-6-14(10-18-16)19-9-8-12(2)13(3)11-19/h6-7,10,12-13,15,17H,5,8-9,11H2,1-4H3. The molecule has 3 unspecified atom stereocenters. The Labute approximate surface area is 117 Å². The highest BCUT2D eigenvalue weighted by atomic mass is 15.1. The zero-order valence-corrected chi connectivity index (χ0v) is 12.7. The normalized spacial score (nSPS) is 25.4. The lowest BCUT2D eigenvalue weighted by atomic mass is 9.88. The summed E-state index contributed by atoms with van der Waals surface area (Å²) in [5, 5.41) is 3.30. The van der Waals surface area contributed by atoms with E-state index in [0.29, 0.717) is 6.04 Å². The van der Waals surface area contributed by atoms with E-state index in [1.165, 1.54) is 12.1 Å². The summed E-state index contributed by atoms with van der Waals surface area (Å²) in [6.07, 6.45) is 4.40. The van der Waals surface area contributed by atoms with Crippen molar-refractivity contribution in [2.75, 3.05) is 25.0 Å². The number of nitrogens with one attached hydrogen (secondary N) is 1. The van der Waals surface area contributed by atoms with Crippen LogP contribution < -0.4 is 10.2 Å². The quantitative estimate of drug-likeness (QED) is 0.902. The molecule has 0 bridgehead atoms. The van der Waals surface area contributed by atoms with Gasteiger partial charge < -0.3 is 10.2 Å². The van der Waals surface area contributed by atoms with Gasteiger partial charge in [-0.3, -0.25) is 4.98 Å². The van der Waals surface area contributed by atoms with E-state index < -0.39 is 0 Å². The van der Waals surface area contributed by atoms with Crippen LogP contribution in [0.5, 0.6) is 0 Å². The van der Waals surface area contributed by atoms with Crippen LogP contribution in [0.4, 0.5) is 5.69 Å². The van der Waals surface area contributed by atoms with Crippen molar-refractivity contribution in [3.05, 3.63) is 24.0 Å². The molecular weight excluding hydrogens is 234 g/mol. The first-order valence-electron chi connectivity index (χ1n) is 7.53. The first kappa shape index (κ1) is 14.3. The van der Waals surface area contributed by atoms with Gasteiger partial charge in [0.2, 0.25) is 0 Å². The smallest absolute Gasteiger partial charge is 0.0574 e. The van der Waals surface area contributed by atoms with Crippen molar-refractivity contribution in [3.63, 3.8) is 0 Å². The molecule has 0 radical (unpaired) electrons. The number of piperidine rings is 1. The molecule has 1 N–H and O–H groups in total. The number of anilines is 1. The molecule has 3 atom stereocenters. The van der Waals surface area contributed by atoms with Crippen molar-refractivity contribution in [3.8, 4) is 0 Å². The third-order valence-electron chi connectivity index (χ3n) is 4.58. The van der Waals surface area contributed by atoms with Gasteiger partial charge in [0.25, 0.3) is 0 Å². The van der Waals surface area contributed by atoms with Crippen molar-refractivity contribution in [1.82, 2.24) is 10.3 Å². The van der Waals surface area contributed by atoms with Crippen LogP contribution in [-0.4, -0.2) is 25.1 Å². The Morgan fingerprint density at radius 2 is 2.16 bits per heavy atom. The molecule has 1 aromatic rings. The van der Waals surface area contributed by atoms with Gasteiger partial charge in [-0.15, -0.1) is 0 Å². The van der Waals surface area contributed by atoms with Gasteiger partial charge in [0.05, 0.1) is 17.6 Å². The van der Waals surface area contributed by atoms with Crippen LogP contribution in [0.2, 0.25) is 0 Å². The Kier molecular flexibility index (Phi) is 4.81. The minimum atomic E-state index is 0.370. The third-order valence-corrected chi connectivity index (χ3v) is 4.58. The molecular formula is C16H27N3. The van der Waals surface area contributed by atoms with Gasteiger partial charge in [-0.25, -0.2) is 0 Å². The average molecular weight is 261 g/mol. The van der Waals surface area contributed by atoms with E-state index in [4.69, 9.17) is 0 Å². The largest absolute Gasteiger partial charge is 0.370 e. The Hall–Kier alpha value is -1.09. The minimum absolute atomic E-state index is 0.370. The molecule has 0 aromatic carbocycles. The first-order chi connectivity index (χ1) is 9.15. The van der Waals surface area contributed by atoms with Gasteiger partial charge in [-0.2, -0.15) is 0 Å². The summed E-state index contributed by atoms with van der Waals surface area (Å²) >= 11 is 0. The van der Waals surface area contributed by atoms with Crippen molar-refractivity contribution in [1.29, 1.82) is 0 Å². The molecule has 2 rings (SSSR count). The highest BCUT2D eigenvalue weighted by Crippen LogP contribution is 2.27. The Morgan fingerprint density at radius 1 is 1.37 bits per heavy atom. The highest BCUT2D eigenvalue weighted by molar-refractivity contribution is 5.45. The molecule has 0 spiro atoms. The minimum Gasteiger partial charge on any atom is -0.370 e. The number of aromatic nitrogens is 1. The summed E-state index contributed by atoms with van der Waals surface area (Å²) in [4.78, 5) is 7.11. The molecule has 0 aliphatic carbocycles. The maximum atomic E-state index is 4.64. The summed E-state index contributed by atoms with van der Waals surface area (Å²) in [6.45, 7) is 9.22. The Balaban J connectivity index is 2.06. The SMILES string of the molecule is CCC(NC)c1ccc(N2CCC(C)C(C)C2)cn1. The monoisotopic (exact) mass is 261 g/mol. The second-order valence-corrected chi connectivity index (χ2v) is 5.88. The van der Waals surface area contributed by atoms with E-state index in [9.17, 15) is 0 Å². The molecule has 1 saturated heterocycles. The second kappa shape index (κ2) is 6.38. The lowest BCUT2D eigenvalue weighted by Crippen LogP contribution is -2.38. The summed E-state index contributed by atoms with van der Waals surface area (Å²) in [5.41, 5.74) is 2.42. The number of hydrogen-bond acceptors (Lipinski definition) is 3. The number of nitrogens with zero attached hydrogens (tertiary/aromatic N) is 2. The molecule has 2 heterocycles. The van der Waals surface area contributed by atoms with E-state index in [1.54, 1.807) is 0 Å². The van der Waals surface area contributed by atoms with E-state index in [-0.39, 0.29) is 0 Å². The number of pyridine rings is 1. The molecule has 1 aromatic heterocycles. The predicted octanol–water partition coefficient (Wildman–Crippen LogP) is 3.23. The van der Waals surface area contributed by atoms with Crippen LogP contribution in [0.3, 0.4) is 0 Å². The number of hydrogen-bond donors (Lipinski definition) is 1. The molecule has 1 aliphatic heterocycles. The van der Waals surface area contributed by atoms with Crippen LogP contribution in [0.1, 0.15) is 45.3 Å². The van der Waals surface area contributed by atoms with E-state index in [1.807, 2.05) is 13.2 Å². The van der Waals surface area contributed by atoms with E-state index in [2.05, 4.69) is 48.1 Å². The van der Waals surface area contributed by atoms with Crippen LogP contribution >= 0.6 is 0 Å². The van der Waals surface area contributed by atoms with Gasteiger partial charge in [0.1, 0.15) is 0 Å². The van der Waals surface area contributed by atoms with E-state index >= 15 is 0 Å². The zero-order valence-electron chi connectivity index (χ0n) is 12.7. The van der Waals surface area contributed by atoms with Crippen molar-refractivity contribution < 1.29 is 0 Å². The molecule has 1 aliphatic rings. The summed E-state index contributed by atoms with van der Waals surface area (Å²) < 4.78 is 0. The van der Waals surface area contributed by atoms with Crippen molar-refractivity contribution in [2.24, 2.45) is 11.8 Å². The third kappa shape index (κ3) is 3.27. The average Bonchev–Trinajstić information content (AvgIpc) is 2.44.